The highest BCUT2D eigenvalue weighted by atomic mass is 16.4. The molecule has 214 valence electrons. The molecule has 0 saturated carbocycles. The van der Waals surface area contributed by atoms with Crippen LogP contribution in [0.1, 0.15) is 59.3 Å². The third-order valence-corrected chi connectivity index (χ3v) is 5.94. The number of hydrogen-bond donors (Lipinski definition) is 8. The van der Waals surface area contributed by atoms with E-state index in [1.54, 1.807) is 13.8 Å². The Kier molecular flexibility index (Phi) is 13.0. The van der Waals surface area contributed by atoms with Gasteiger partial charge in [-0.2, -0.15) is 0 Å². The third kappa shape index (κ3) is 11.0. The lowest BCUT2D eigenvalue weighted by Gasteiger charge is -2.27. The number of amides is 5. The van der Waals surface area contributed by atoms with E-state index >= 15 is 0 Å². The summed E-state index contributed by atoms with van der Waals surface area (Å²) in [6.45, 7) is 5.64. The Labute approximate surface area is 221 Å². The maximum atomic E-state index is 13.3. The molecule has 1 aliphatic heterocycles. The minimum absolute atomic E-state index is 0.0825. The van der Waals surface area contributed by atoms with E-state index in [2.05, 4.69) is 21.3 Å². The Morgan fingerprint density at radius 3 is 2.13 bits per heavy atom. The third-order valence-electron chi connectivity index (χ3n) is 5.94. The molecule has 0 aromatic heterocycles. The number of nitrogens with two attached hydrogens (primary N) is 2. The van der Waals surface area contributed by atoms with Gasteiger partial charge in [-0.05, 0) is 38.0 Å². The van der Waals surface area contributed by atoms with Gasteiger partial charge in [0, 0.05) is 20.0 Å². The highest BCUT2D eigenvalue weighted by molar-refractivity contribution is 5.95. The van der Waals surface area contributed by atoms with Crippen LogP contribution in [0.5, 0.6) is 0 Å². The van der Waals surface area contributed by atoms with E-state index in [1.165, 1.54) is 11.8 Å². The molecule has 38 heavy (non-hydrogen) atoms. The Morgan fingerprint density at radius 2 is 1.61 bits per heavy atom. The van der Waals surface area contributed by atoms with Crippen LogP contribution in [0, 0.1) is 11.3 Å². The SMILES string of the molecule is CC(=O)N1CCC[C@H]1C(=O)N[C@@H](CCCNC(=N)N)C(=O)N[C@@H](CC(C)C)C(=O)N[C@@H](CC(N)=O)C(=O)O. The van der Waals surface area contributed by atoms with Crippen molar-refractivity contribution in [1.29, 1.82) is 5.41 Å². The zero-order valence-corrected chi connectivity index (χ0v) is 22.0. The van der Waals surface area contributed by atoms with Crippen molar-refractivity contribution >= 4 is 41.5 Å². The number of carboxylic acid groups (broad SMARTS) is 1. The molecular weight excluding hydrogens is 500 g/mol. The van der Waals surface area contributed by atoms with E-state index in [-0.39, 0.29) is 37.2 Å². The second kappa shape index (κ2) is 15.4. The van der Waals surface area contributed by atoms with Gasteiger partial charge in [-0.3, -0.25) is 29.4 Å². The van der Waals surface area contributed by atoms with E-state index in [1.807, 2.05) is 0 Å². The maximum Gasteiger partial charge on any atom is 0.326 e. The normalized spacial score (nSPS) is 17.2. The second-order valence-electron chi connectivity index (χ2n) is 9.67. The van der Waals surface area contributed by atoms with Crippen molar-refractivity contribution in [2.45, 2.75) is 83.5 Å². The molecule has 4 atom stereocenters. The molecule has 0 unspecified atom stereocenters. The maximum absolute atomic E-state index is 13.3. The highest BCUT2D eigenvalue weighted by Gasteiger charge is 2.35. The summed E-state index contributed by atoms with van der Waals surface area (Å²) in [7, 11) is 0. The number of primary amides is 1. The molecule has 0 aromatic rings. The molecule has 1 saturated heterocycles. The lowest BCUT2D eigenvalue weighted by molar-refractivity contribution is -0.144. The molecule has 15 nitrogen and oxygen atoms in total. The van der Waals surface area contributed by atoms with Gasteiger partial charge in [-0.15, -0.1) is 0 Å². The summed E-state index contributed by atoms with van der Waals surface area (Å²) in [5.74, 6) is -4.98. The molecule has 0 radical (unpaired) electrons. The van der Waals surface area contributed by atoms with Gasteiger partial charge in [0.2, 0.25) is 29.5 Å². The van der Waals surface area contributed by atoms with Gasteiger partial charge in [0.05, 0.1) is 6.42 Å². The number of nitrogens with one attached hydrogen (secondary N) is 5. The first-order valence-corrected chi connectivity index (χ1v) is 12.5. The van der Waals surface area contributed by atoms with E-state index in [0.717, 1.165) is 0 Å². The van der Waals surface area contributed by atoms with Crippen molar-refractivity contribution in [2.24, 2.45) is 17.4 Å². The summed E-state index contributed by atoms with van der Waals surface area (Å²) < 4.78 is 0. The number of aliphatic carboxylic acids is 1. The van der Waals surface area contributed by atoms with Crippen molar-refractivity contribution in [3.05, 3.63) is 0 Å². The smallest absolute Gasteiger partial charge is 0.326 e. The summed E-state index contributed by atoms with van der Waals surface area (Å²) in [6.07, 6.45) is 1.07. The van der Waals surface area contributed by atoms with Crippen LogP contribution in [0.15, 0.2) is 0 Å². The van der Waals surface area contributed by atoms with Crippen molar-refractivity contribution < 1.29 is 33.9 Å². The van der Waals surface area contributed by atoms with Crippen LogP contribution in [0.25, 0.3) is 0 Å². The molecule has 1 fully saturated rings. The molecule has 0 spiro atoms. The quantitative estimate of drug-likeness (QED) is 0.0632. The van der Waals surface area contributed by atoms with Gasteiger partial charge < -0.3 is 42.7 Å². The number of nitrogens with zero attached hydrogens (tertiary/aromatic N) is 1. The van der Waals surface area contributed by atoms with Gasteiger partial charge in [-0.25, -0.2) is 4.79 Å². The van der Waals surface area contributed by atoms with E-state index in [0.29, 0.717) is 25.8 Å². The first-order chi connectivity index (χ1) is 17.7. The van der Waals surface area contributed by atoms with Crippen LogP contribution < -0.4 is 32.7 Å². The Bertz CT molecular complexity index is 910. The fraction of sp³-hybridized carbons (Fsp3) is 0.696. The molecule has 10 N–H and O–H groups in total. The zero-order chi connectivity index (χ0) is 29.0. The van der Waals surface area contributed by atoms with Crippen molar-refractivity contribution in [2.75, 3.05) is 13.1 Å². The number of guanidine groups is 1. The van der Waals surface area contributed by atoms with Gasteiger partial charge in [0.15, 0.2) is 5.96 Å². The zero-order valence-electron chi connectivity index (χ0n) is 22.0. The summed E-state index contributed by atoms with van der Waals surface area (Å²) >= 11 is 0. The summed E-state index contributed by atoms with van der Waals surface area (Å²) in [5.41, 5.74) is 10.4. The van der Waals surface area contributed by atoms with Crippen LogP contribution in [0.2, 0.25) is 0 Å². The average Bonchev–Trinajstić information content (AvgIpc) is 3.29. The first-order valence-electron chi connectivity index (χ1n) is 12.5. The molecule has 1 heterocycles. The number of carbonyl (C=O) groups is 6. The van der Waals surface area contributed by atoms with Gasteiger partial charge >= 0.3 is 5.97 Å². The van der Waals surface area contributed by atoms with E-state index < -0.39 is 60.2 Å². The molecule has 0 bridgehead atoms. The molecule has 1 aliphatic rings. The van der Waals surface area contributed by atoms with Crippen LogP contribution in [0.4, 0.5) is 0 Å². The largest absolute Gasteiger partial charge is 0.480 e. The van der Waals surface area contributed by atoms with Gasteiger partial charge in [0.1, 0.15) is 24.2 Å². The van der Waals surface area contributed by atoms with Crippen LogP contribution >= 0.6 is 0 Å². The Hall–Kier alpha value is -3.91. The first kappa shape index (κ1) is 32.1. The number of likely N-dealkylation sites (tertiary alicyclic amines) is 1. The standard InChI is InChI=1S/C23H40N8O7/c1-12(2)10-15(20(35)30-16(22(37)38)11-18(24)33)29-19(34)14(6-4-8-27-23(25)26)28-21(36)17-7-5-9-31(17)13(3)32/h12,14-17H,4-11H2,1-3H3,(H2,24,33)(H,28,36)(H,29,34)(H,30,35)(H,37,38)(H4,25,26,27)/t14-,15-,16-,17-/m0/s1. The number of hydrogen-bond acceptors (Lipinski definition) is 7. The minimum Gasteiger partial charge on any atom is -0.480 e. The second-order valence-corrected chi connectivity index (χ2v) is 9.67. The lowest BCUT2D eigenvalue weighted by atomic mass is 10.0. The molecule has 15 heteroatoms. The van der Waals surface area contributed by atoms with Crippen LogP contribution in [-0.2, 0) is 28.8 Å². The summed E-state index contributed by atoms with van der Waals surface area (Å²) in [5, 5.41) is 26.7. The molecular formula is C23H40N8O7. The fourth-order valence-electron chi connectivity index (χ4n) is 4.13. The van der Waals surface area contributed by atoms with Gasteiger partial charge in [0.25, 0.3) is 0 Å². The highest BCUT2D eigenvalue weighted by Crippen LogP contribution is 2.18. The molecule has 5 amide bonds. The van der Waals surface area contributed by atoms with Crippen molar-refractivity contribution in [3.63, 3.8) is 0 Å². The summed E-state index contributed by atoms with van der Waals surface area (Å²) in [4.78, 5) is 75.1. The van der Waals surface area contributed by atoms with Crippen molar-refractivity contribution in [3.8, 4) is 0 Å². The number of rotatable bonds is 15. The predicted molar refractivity (Wildman–Crippen MR) is 136 cm³/mol. The number of carboxylic acids is 1. The Balaban J connectivity index is 3.05. The molecule has 0 aromatic carbocycles. The minimum atomic E-state index is -1.57. The van der Waals surface area contributed by atoms with Gasteiger partial charge in [-0.1, -0.05) is 13.8 Å². The van der Waals surface area contributed by atoms with E-state index in [9.17, 15) is 33.9 Å². The number of carbonyl (C=O) groups excluding carboxylic acids is 5. The molecule has 1 rings (SSSR count). The van der Waals surface area contributed by atoms with Crippen LogP contribution in [0.3, 0.4) is 0 Å². The van der Waals surface area contributed by atoms with E-state index in [4.69, 9.17) is 16.9 Å². The predicted octanol–water partition coefficient (Wildman–Crippen LogP) is -2.28. The van der Waals surface area contributed by atoms with Crippen LogP contribution in [-0.4, -0.2) is 88.7 Å². The monoisotopic (exact) mass is 540 g/mol. The fourth-order valence-corrected chi connectivity index (χ4v) is 4.13. The Morgan fingerprint density at radius 1 is 1.00 bits per heavy atom. The average molecular weight is 541 g/mol. The lowest BCUT2D eigenvalue weighted by Crippen LogP contribution is -2.58. The molecule has 0 aliphatic carbocycles. The summed E-state index contributed by atoms with van der Waals surface area (Å²) in [6, 6.07) is -4.54. The topological polar surface area (TPSA) is 250 Å². The van der Waals surface area contributed by atoms with Crippen molar-refractivity contribution in [1.82, 2.24) is 26.2 Å².